The van der Waals surface area contributed by atoms with Crippen LogP contribution >= 0.6 is 15.9 Å². The number of benzene rings is 1. The molecule has 1 aromatic carbocycles. The van der Waals surface area contributed by atoms with E-state index in [1.165, 1.54) is 0 Å². The highest BCUT2D eigenvalue weighted by Gasteiger charge is 2.06. The van der Waals surface area contributed by atoms with Gasteiger partial charge in [0.2, 0.25) is 0 Å². The maximum Gasteiger partial charge on any atom is 0.258 e. The molecule has 1 rings (SSSR count). The summed E-state index contributed by atoms with van der Waals surface area (Å²) in [6.45, 7) is 4.78. The lowest BCUT2D eigenvalue weighted by molar-refractivity contribution is -0.123. The van der Waals surface area contributed by atoms with Crippen LogP contribution in [0.25, 0.3) is 0 Å². The SMILES string of the molecule is CCNCc1ccc(OCC(=O)NCCOC)c(Br)c1. The molecule has 0 aliphatic carbocycles. The molecule has 5 nitrogen and oxygen atoms in total. The van der Waals surface area contributed by atoms with Gasteiger partial charge in [0.25, 0.3) is 5.91 Å². The second kappa shape index (κ2) is 9.74. The van der Waals surface area contributed by atoms with Gasteiger partial charge in [0.1, 0.15) is 5.75 Å². The van der Waals surface area contributed by atoms with Crippen LogP contribution in [0.5, 0.6) is 5.75 Å². The summed E-state index contributed by atoms with van der Waals surface area (Å²) in [4.78, 5) is 11.5. The first-order valence-corrected chi connectivity index (χ1v) is 7.34. The van der Waals surface area contributed by atoms with Crippen molar-refractivity contribution in [3.05, 3.63) is 28.2 Å². The predicted octanol–water partition coefficient (Wildman–Crippen LogP) is 1.70. The maximum absolute atomic E-state index is 11.5. The molecule has 0 spiro atoms. The van der Waals surface area contributed by atoms with Gasteiger partial charge >= 0.3 is 0 Å². The maximum atomic E-state index is 11.5. The fourth-order valence-corrected chi connectivity index (χ4v) is 2.07. The Morgan fingerprint density at radius 2 is 2.20 bits per heavy atom. The Kier molecular flexibility index (Phi) is 8.25. The molecule has 0 bridgehead atoms. The summed E-state index contributed by atoms with van der Waals surface area (Å²) >= 11 is 3.45. The third-order valence-corrected chi connectivity index (χ3v) is 3.18. The number of carbonyl (C=O) groups excluding carboxylic acids is 1. The Morgan fingerprint density at radius 3 is 2.85 bits per heavy atom. The van der Waals surface area contributed by atoms with Crippen LogP contribution in [0.4, 0.5) is 0 Å². The van der Waals surface area contributed by atoms with Gasteiger partial charge in [-0.25, -0.2) is 0 Å². The number of amides is 1. The van der Waals surface area contributed by atoms with Crippen molar-refractivity contribution in [2.24, 2.45) is 0 Å². The first-order valence-electron chi connectivity index (χ1n) is 6.55. The van der Waals surface area contributed by atoms with E-state index in [4.69, 9.17) is 9.47 Å². The predicted molar refractivity (Wildman–Crippen MR) is 81.9 cm³/mol. The highest BCUT2D eigenvalue weighted by Crippen LogP contribution is 2.25. The molecule has 0 saturated heterocycles. The van der Waals surface area contributed by atoms with E-state index in [1.54, 1.807) is 7.11 Å². The Bertz CT molecular complexity index is 427. The quantitative estimate of drug-likeness (QED) is 0.669. The molecule has 20 heavy (non-hydrogen) atoms. The van der Waals surface area contributed by atoms with E-state index >= 15 is 0 Å². The number of ether oxygens (including phenoxy) is 2. The molecule has 2 N–H and O–H groups in total. The number of nitrogens with one attached hydrogen (secondary N) is 2. The fourth-order valence-electron chi connectivity index (χ4n) is 1.53. The van der Waals surface area contributed by atoms with Crippen molar-refractivity contribution < 1.29 is 14.3 Å². The molecule has 0 saturated carbocycles. The first-order chi connectivity index (χ1) is 9.67. The molecular formula is C14H21BrN2O3. The van der Waals surface area contributed by atoms with Gasteiger partial charge in [0.05, 0.1) is 11.1 Å². The largest absolute Gasteiger partial charge is 0.483 e. The topological polar surface area (TPSA) is 59.6 Å². The van der Waals surface area contributed by atoms with E-state index in [2.05, 4.69) is 33.5 Å². The van der Waals surface area contributed by atoms with Gasteiger partial charge in [-0.1, -0.05) is 13.0 Å². The Labute approximate surface area is 128 Å². The van der Waals surface area contributed by atoms with Gasteiger partial charge in [-0.15, -0.1) is 0 Å². The average Bonchev–Trinajstić information content (AvgIpc) is 2.44. The van der Waals surface area contributed by atoms with E-state index in [0.717, 1.165) is 23.1 Å². The minimum atomic E-state index is -0.161. The third kappa shape index (κ3) is 6.36. The van der Waals surface area contributed by atoms with Crippen LogP contribution < -0.4 is 15.4 Å². The van der Waals surface area contributed by atoms with E-state index in [1.807, 2.05) is 18.2 Å². The number of halogens is 1. The lowest BCUT2D eigenvalue weighted by atomic mass is 10.2. The van der Waals surface area contributed by atoms with Crippen molar-refractivity contribution in [1.82, 2.24) is 10.6 Å². The third-order valence-electron chi connectivity index (χ3n) is 2.56. The zero-order chi connectivity index (χ0) is 14.8. The van der Waals surface area contributed by atoms with E-state index in [9.17, 15) is 4.79 Å². The van der Waals surface area contributed by atoms with Crippen LogP contribution in [0, 0.1) is 0 Å². The molecule has 0 atom stereocenters. The van der Waals surface area contributed by atoms with Crippen molar-refractivity contribution in [3.8, 4) is 5.75 Å². The monoisotopic (exact) mass is 344 g/mol. The molecule has 112 valence electrons. The van der Waals surface area contributed by atoms with Gasteiger partial charge in [0.15, 0.2) is 6.61 Å². The molecule has 0 unspecified atom stereocenters. The molecule has 0 fully saturated rings. The van der Waals surface area contributed by atoms with E-state index < -0.39 is 0 Å². The Morgan fingerprint density at radius 1 is 1.40 bits per heavy atom. The number of rotatable bonds is 9. The minimum absolute atomic E-state index is 0.00509. The van der Waals surface area contributed by atoms with Crippen molar-refractivity contribution in [2.75, 3.05) is 33.4 Å². The molecule has 0 aliphatic heterocycles. The summed E-state index contributed by atoms with van der Waals surface area (Å²) in [5, 5.41) is 5.95. The van der Waals surface area contributed by atoms with Crippen molar-refractivity contribution in [2.45, 2.75) is 13.5 Å². The lowest BCUT2D eigenvalue weighted by Gasteiger charge is -2.10. The summed E-state index contributed by atoms with van der Waals surface area (Å²) < 4.78 is 11.2. The highest BCUT2D eigenvalue weighted by molar-refractivity contribution is 9.10. The molecule has 0 aliphatic rings. The molecule has 1 aromatic rings. The first kappa shape index (κ1) is 16.9. The van der Waals surface area contributed by atoms with Gasteiger partial charge in [-0.3, -0.25) is 4.79 Å². The number of hydrogen-bond acceptors (Lipinski definition) is 4. The lowest BCUT2D eigenvalue weighted by Crippen LogP contribution is -2.31. The van der Waals surface area contributed by atoms with Crippen LogP contribution in [-0.4, -0.2) is 39.3 Å². The van der Waals surface area contributed by atoms with Crippen LogP contribution in [0.2, 0.25) is 0 Å². The van der Waals surface area contributed by atoms with Crippen molar-refractivity contribution in [3.63, 3.8) is 0 Å². The van der Waals surface area contributed by atoms with Crippen LogP contribution in [0.1, 0.15) is 12.5 Å². The minimum Gasteiger partial charge on any atom is -0.483 e. The van der Waals surface area contributed by atoms with Crippen molar-refractivity contribution in [1.29, 1.82) is 0 Å². The second-order valence-electron chi connectivity index (χ2n) is 4.18. The molecule has 0 heterocycles. The molecule has 6 heteroatoms. The summed E-state index contributed by atoms with van der Waals surface area (Å²) in [7, 11) is 1.59. The zero-order valence-corrected chi connectivity index (χ0v) is 13.5. The van der Waals surface area contributed by atoms with Crippen LogP contribution in [0.15, 0.2) is 22.7 Å². The second-order valence-corrected chi connectivity index (χ2v) is 5.03. The van der Waals surface area contributed by atoms with Gasteiger partial charge in [-0.2, -0.15) is 0 Å². The summed E-state index contributed by atoms with van der Waals surface area (Å²) in [5.74, 6) is 0.498. The smallest absolute Gasteiger partial charge is 0.258 e. The van der Waals surface area contributed by atoms with Gasteiger partial charge in [0, 0.05) is 20.2 Å². The molecular weight excluding hydrogens is 324 g/mol. The summed E-state index contributed by atoms with van der Waals surface area (Å²) in [6.07, 6.45) is 0. The number of carbonyl (C=O) groups is 1. The van der Waals surface area contributed by atoms with Gasteiger partial charge in [-0.05, 0) is 40.2 Å². The summed E-state index contributed by atoms with van der Waals surface area (Å²) in [5.41, 5.74) is 1.16. The molecule has 1 amide bonds. The van der Waals surface area contributed by atoms with Crippen LogP contribution in [-0.2, 0) is 16.1 Å². The average molecular weight is 345 g/mol. The standard InChI is InChI=1S/C14H21BrN2O3/c1-3-16-9-11-4-5-13(12(15)8-11)20-10-14(18)17-6-7-19-2/h4-5,8,16H,3,6-7,9-10H2,1-2H3,(H,17,18). The van der Waals surface area contributed by atoms with Crippen LogP contribution in [0.3, 0.4) is 0 Å². The Balaban J connectivity index is 2.42. The zero-order valence-electron chi connectivity index (χ0n) is 11.9. The molecule has 0 radical (unpaired) electrons. The number of methoxy groups -OCH3 is 1. The van der Waals surface area contributed by atoms with E-state index in [-0.39, 0.29) is 12.5 Å². The normalized spacial score (nSPS) is 10.3. The fraction of sp³-hybridized carbons (Fsp3) is 0.500. The molecule has 0 aromatic heterocycles. The number of hydrogen-bond donors (Lipinski definition) is 2. The Hall–Kier alpha value is -1.11. The van der Waals surface area contributed by atoms with Gasteiger partial charge < -0.3 is 20.1 Å². The van der Waals surface area contributed by atoms with Crippen molar-refractivity contribution >= 4 is 21.8 Å². The van der Waals surface area contributed by atoms with E-state index in [0.29, 0.717) is 18.9 Å². The highest BCUT2D eigenvalue weighted by atomic mass is 79.9. The summed E-state index contributed by atoms with van der Waals surface area (Å²) in [6, 6.07) is 5.82.